The topological polar surface area (TPSA) is 59.2 Å². The lowest BCUT2D eigenvalue weighted by Gasteiger charge is -2.01. The van der Waals surface area contributed by atoms with Crippen molar-refractivity contribution in [1.29, 1.82) is 0 Å². The third kappa shape index (κ3) is 2.32. The van der Waals surface area contributed by atoms with Crippen molar-refractivity contribution in [3.05, 3.63) is 52.5 Å². The van der Waals surface area contributed by atoms with Gasteiger partial charge in [-0.05, 0) is 48.9 Å². The molecule has 0 saturated carbocycles. The smallest absolute Gasteiger partial charge is 0.258 e. The lowest BCUT2D eigenvalue weighted by Crippen LogP contribution is -1.85. The second kappa shape index (κ2) is 5.09. The van der Waals surface area contributed by atoms with Crippen molar-refractivity contribution in [1.82, 2.24) is 10.1 Å². The maximum Gasteiger partial charge on any atom is 0.258 e. The molecule has 1 N–H and O–H groups in total. The van der Waals surface area contributed by atoms with E-state index in [-0.39, 0.29) is 5.75 Å². The highest BCUT2D eigenvalue weighted by Crippen LogP contribution is 2.29. The standard InChI is InChI=1S/C15H11BrN2O2/c1-9-12(3-2-4-13(9)16)15-17-14(18-20-15)10-5-7-11(19)8-6-10/h2-8,19H,1H3. The van der Waals surface area contributed by atoms with Crippen LogP contribution >= 0.6 is 15.9 Å². The molecule has 0 aliphatic carbocycles. The first-order chi connectivity index (χ1) is 9.65. The van der Waals surface area contributed by atoms with Crippen LogP contribution in [0.1, 0.15) is 5.56 Å². The van der Waals surface area contributed by atoms with Crippen molar-refractivity contribution in [3.8, 4) is 28.6 Å². The van der Waals surface area contributed by atoms with Crippen molar-refractivity contribution in [2.75, 3.05) is 0 Å². The Bertz CT molecular complexity index is 751. The van der Waals surface area contributed by atoms with Crippen LogP contribution in [0.4, 0.5) is 0 Å². The molecule has 0 aliphatic rings. The average molecular weight is 331 g/mol. The summed E-state index contributed by atoms with van der Waals surface area (Å²) in [5.74, 6) is 1.19. The van der Waals surface area contributed by atoms with Gasteiger partial charge in [0, 0.05) is 15.6 Å². The molecule has 5 heteroatoms. The molecule has 0 aliphatic heterocycles. The number of hydrogen-bond donors (Lipinski definition) is 1. The molecule has 0 radical (unpaired) electrons. The normalized spacial score (nSPS) is 10.7. The van der Waals surface area contributed by atoms with Crippen molar-refractivity contribution in [2.45, 2.75) is 6.92 Å². The van der Waals surface area contributed by atoms with Crippen LogP contribution in [0.25, 0.3) is 22.8 Å². The maximum atomic E-state index is 9.28. The van der Waals surface area contributed by atoms with Gasteiger partial charge in [0.05, 0.1) is 0 Å². The molecule has 0 atom stereocenters. The number of halogens is 1. The highest BCUT2D eigenvalue weighted by molar-refractivity contribution is 9.10. The number of nitrogens with zero attached hydrogens (tertiary/aromatic N) is 2. The summed E-state index contributed by atoms with van der Waals surface area (Å²) < 4.78 is 6.33. The Morgan fingerprint density at radius 2 is 1.85 bits per heavy atom. The van der Waals surface area contributed by atoms with E-state index in [2.05, 4.69) is 26.1 Å². The van der Waals surface area contributed by atoms with Crippen LogP contribution in [-0.2, 0) is 0 Å². The molecule has 0 saturated heterocycles. The van der Waals surface area contributed by atoms with E-state index < -0.39 is 0 Å². The van der Waals surface area contributed by atoms with Gasteiger partial charge in [-0.3, -0.25) is 0 Å². The largest absolute Gasteiger partial charge is 0.508 e. The lowest BCUT2D eigenvalue weighted by atomic mass is 10.1. The van der Waals surface area contributed by atoms with E-state index in [1.165, 1.54) is 0 Å². The molecule has 1 aromatic heterocycles. The Labute approximate surface area is 124 Å². The summed E-state index contributed by atoms with van der Waals surface area (Å²) >= 11 is 3.49. The summed E-state index contributed by atoms with van der Waals surface area (Å²) in [7, 11) is 0. The van der Waals surface area contributed by atoms with E-state index in [0.29, 0.717) is 11.7 Å². The molecular formula is C15H11BrN2O2. The number of rotatable bonds is 2. The fraction of sp³-hybridized carbons (Fsp3) is 0.0667. The summed E-state index contributed by atoms with van der Waals surface area (Å²) in [5.41, 5.74) is 2.75. The molecule has 0 spiro atoms. The molecule has 100 valence electrons. The van der Waals surface area contributed by atoms with Gasteiger partial charge in [0.25, 0.3) is 5.89 Å². The molecule has 20 heavy (non-hydrogen) atoms. The lowest BCUT2D eigenvalue weighted by molar-refractivity contribution is 0.432. The average Bonchev–Trinajstić information content (AvgIpc) is 2.92. The van der Waals surface area contributed by atoms with Gasteiger partial charge in [0.2, 0.25) is 5.82 Å². The predicted molar refractivity (Wildman–Crippen MR) is 79.3 cm³/mol. The van der Waals surface area contributed by atoms with Crippen LogP contribution < -0.4 is 0 Å². The second-order valence-electron chi connectivity index (χ2n) is 4.38. The number of hydrogen-bond acceptors (Lipinski definition) is 4. The van der Waals surface area contributed by atoms with Gasteiger partial charge in [-0.25, -0.2) is 0 Å². The summed E-state index contributed by atoms with van der Waals surface area (Å²) in [4.78, 5) is 4.40. The summed E-state index contributed by atoms with van der Waals surface area (Å²) in [6, 6.07) is 12.5. The summed E-state index contributed by atoms with van der Waals surface area (Å²) in [6.45, 7) is 1.99. The minimum atomic E-state index is 0.209. The van der Waals surface area contributed by atoms with Gasteiger partial charge in [-0.15, -0.1) is 0 Å². The first-order valence-corrected chi connectivity index (χ1v) is 6.83. The Morgan fingerprint density at radius 3 is 2.60 bits per heavy atom. The minimum absolute atomic E-state index is 0.209. The third-order valence-corrected chi connectivity index (χ3v) is 3.91. The molecule has 3 rings (SSSR count). The number of aromatic nitrogens is 2. The number of phenolic OH excluding ortho intramolecular Hbond substituents is 1. The second-order valence-corrected chi connectivity index (χ2v) is 5.24. The summed E-state index contributed by atoms with van der Waals surface area (Å²) in [5, 5.41) is 13.3. The fourth-order valence-corrected chi connectivity index (χ4v) is 2.27. The van der Waals surface area contributed by atoms with E-state index in [1.807, 2.05) is 25.1 Å². The van der Waals surface area contributed by atoms with Crippen molar-refractivity contribution in [3.63, 3.8) is 0 Å². The first-order valence-electron chi connectivity index (χ1n) is 6.04. The Balaban J connectivity index is 2.02. The number of benzene rings is 2. The quantitative estimate of drug-likeness (QED) is 0.765. The minimum Gasteiger partial charge on any atom is -0.508 e. The maximum absolute atomic E-state index is 9.28. The molecule has 1 heterocycles. The third-order valence-electron chi connectivity index (χ3n) is 3.05. The van der Waals surface area contributed by atoms with Gasteiger partial charge in [-0.1, -0.05) is 27.2 Å². The molecule has 2 aromatic carbocycles. The van der Waals surface area contributed by atoms with E-state index in [9.17, 15) is 5.11 Å². The van der Waals surface area contributed by atoms with Gasteiger partial charge in [0.15, 0.2) is 0 Å². The van der Waals surface area contributed by atoms with Crippen LogP contribution in [-0.4, -0.2) is 15.2 Å². The van der Waals surface area contributed by atoms with Crippen LogP contribution in [0.5, 0.6) is 5.75 Å². The molecular weight excluding hydrogens is 320 g/mol. The SMILES string of the molecule is Cc1c(Br)cccc1-c1nc(-c2ccc(O)cc2)no1. The zero-order valence-electron chi connectivity index (χ0n) is 10.7. The summed E-state index contributed by atoms with van der Waals surface area (Å²) in [6.07, 6.45) is 0. The first kappa shape index (κ1) is 12.9. The zero-order chi connectivity index (χ0) is 14.1. The van der Waals surface area contributed by atoms with Crippen LogP contribution in [0, 0.1) is 6.92 Å². The Hall–Kier alpha value is -2.14. The van der Waals surface area contributed by atoms with Crippen LogP contribution in [0.3, 0.4) is 0 Å². The molecule has 3 aromatic rings. The number of aromatic hydroxyl groups is 1. The van der Waals surface area contributed by atoms with E-state index in [0.717, 1.165) is 21.2 Å². The van der Waals surface area contributed by atoms with Gasteiger partial charge >= 0.3 is 0 Å². The van der Waals surface area contributed by atoms with Crippen LogP contribution in [0.2, 0.25) is 0 Å². The molecule has 4 nitrogen and oxygen atoms in total. The highest BCUT2D eigenvalue weighted by Gasteiger charge is 2.13. The Kier molecular flexibility index (Phi) is 3.28. The van der Waals surface area contributed by atoms with Crippen molar-refractivity contribution < 1.29 is 9.63 Å². The van der Waals surface area contributed by atoms with Crippen LogP contribution in [0.15, 0.2) is 51.5 Å². The van der Waals surface area contributed by atoms with Gasteiger partial charge in [0.1, 0.15) is 5.75 Å². The molecule has 0 amide bonds. The highest BCUT2D eigenvalue weighted by atomic mass is 79.9. The fourth-order valence-electron chi connectivity index (χ4n) is 1.90. The van der Waals surface area contributed by atoms with E-state index >= 15 is 0 Å². The predicted octanol–water partition coefficient (Wildman–Crippen LogP) is 4.18. The van der Waals surface area contributed by atoms with E-state index in [1.54, 1.807) is 24.3 Å². The molecule has 0 fully saturated rings. The van der Waals surface area contributed by atoms with Gasteiger partial charge in [-0.2, -0.15) is 4.98 Å². The number of phenols is 1. The monoisotopic (exact) mass is 330 g/mol. The van der Waals surface area contributed by atoms with Crippen molar-refractivity contribution >= 4 is 15.9 Å². The molecule has 0 unspecified atom stereocenters. The van der Waals surface area contributed by atoms with Crippen molar-refractivity contribution in [2.24, 2.45) is 0 Å². The van der Waals surface area contributed by atoms with Gasteiger partial charge < -0.3 is 9.63 Å². The van der Waals surface area contributed by atoms with E-state index in [4.69, 9.17) is 4.52 Å². The molecule has 0 bridgehead atoms. The zero-order valence-corrected chi connectivity index (χ0v) is 12.3. The Morgan fingerprint density at radius 1 is 1.10 bits per heavy atom.